The Hall–Kier alpha value is -4.71. The number of morpholine rings is 1. The van der Waals surface area contributed by atoms with E-state index in [0.29, 0.717) is 43.8 Å². The minimum Gasteiger partial charge on any atom is -0.491 e. The predicted molar refractivity (Wildman–Crippen MR) is 160 cm³/mol. The van der Waals surface area contributed by atoms with E-state index in [1.54, 1.807) is 0 Å². The number of epoxide rings is 2. The topological polar surface area (TPSA) is 113 Å². The van der Waals surface area contributed by atoms with Crippen LogP contribution in [0.2, 0.25) is 0 Å². The highest BCUT2D eigenvalue weighted by Gasteiger charge is 2.32. The summed E-state index contributed by atoms with van der Waals surface area (Å²) in [6.45, 7) is 3.49. The highest BCUT2D eigenvalue weighted by atomic mass is 16.8. The van der Waals surface area contributed by atoms with Crippen LogP contribution in [-0.4, -0.2) is 79.3 Å². The Bertz CT molecular complexity index is 1660. The monoisotopic (exact) mass is 594 g/mol. The zero-order chi connectivity index (χ0) is 29.3. The second-order valence-corrected chi connectivity index (χ2v) is 10.9. The van der Waals surface area contributed by atoms with Gasteiger partial charge in [0.25, 0.3) is 0 Å². The number of anilines is 1. The van der Waals surface area contributed by atoms with Crippen LogP contribution in [0.25, 0.3) is 21.5 Å². The fraction of sp³-hybridized carbons (Fsp3) is 0.303. The van der Waals surface area contributed by atoms with E-state index in [9.17, 15) is 0 Å². The summed E-state index contributed by atoms with van der Waals surface area (Å²) in [7, 11) is 0. The molecule has 3 saturated heterocycles. The molecule has 4 atom stereocenters. The van der Waals surface area contributed by atoms with Crippen LogP contribution in [0, 0.1) is 0 Å². The molecule has 11 nitrogen and oxygen atoms in total. The Morgan fingerprint density at radius 2 is 1.05 bits per heavy atom. The highest BCUT2D eigenvalue weighted by Crippen LogP contribution is 2.30. The van der Waals surface area contributed by atoms with Crippen molar-refractivity contribution < 1.29 is 33.2 Å². The number of ether oxygens (including phenoxy) is 7. The summed E-state index contributed by atoms with van der Waals surface area (Å²) < 4.78 is 41.1. The lowest BCUT2D eigenvalue weighted by atomic mass is 10.1. The maximum absolute atomic E-state index is 6.34. The molecule has 0 saturated carbocycles. The lowest BCUT2D eigenvalue weighted by Crippen LogP contribution is -2.52. The first-order valence-corrected chi connectivity index (χ1v) is 14.6. The van der Waals surface area contributed by atoms with Gasteiger partial charge >= 0.3 is 0 Å². The van der Waals surface area contributed by atoms with Gasteiger partial charge in [-0.15, -0.1) is 0 Å². The molecular formula is C33H30N4O7. The molecule has 4 heterocycles. The van der Waals surface area contributed by atoms with E-state index in [0.717, 1.165) is 46.3 Å². The largest absolute Gasteiger partial charge is 0.491 e. The van der Waals surface area contributed by atoms with Crippen molar-refractivity contribution in [3.8, 4) is 23.0 Å². The molecule has 4 unspecified atom stereocenters. The molecule has 11 heteroatoms. The SMILES string of the molecule is c1ncnc(N2CC(Oc3ccc4cc(OCC5CO5)ccc4c3)OC(Oc3ccc4cc(OCC5CO5)ccc4c3)C2)n1. The van der Waals surface area contributed by atoms with E-state index in [4.69, 9.17) is 33.2 Å². The van der Waals surface area contributed by atoms with Crippen molar-refractivity contribution in [1.29, 1.82) is 0 Å². The van der Waals surface area contributed by atoms with E-state index in [1.807, 2.05) is 77.7 Å². The molecule has 3 fully saturated rings. The maximum atomic E-state index is 6.34. The third kappa shape index (κ3) is 6.45. The molecule has 3 aliphatic rings. The average Bonchev–Trinajstić information content (AvgIpc) is 3.99. The van der Waals surface area contributed by atoms with Gasteiger partial charge in [0, 0.05) is 0 Å². The van der Waals surface area contributed by atoms with Crippen LogP contribution >= 0.6 is 0 Å². The van der Waals surface area contributed by atoms with E-state index in [-0.39, 0.29) is 12.2 Å². The Labute approximate surface area is 253 Å². The van der Waals surface area contributed by atoms with Crippen LogP contribution in [0.4, 0.5) is 5.95 Å². The van der Waals surface area contributed by atoms with Gasteiger partial charge in [-0.3, -0.25) is 4.74 Å². The number of hydrogen-bond acceptors (Lipinski definition) is 11. The Morgan fingerprint density at radius 1 is 0.614 bits per heavy atom. The second kappa shape index (κ2) is 11.8. The van der Waals surface area contributed by atoms with Gasteiger partial charge in [-0.25, -0.2) is 15.0 Å². The highest BCUT2D eigenvalue weighted by molar-refractivity contribution is 5.86. The predicted octanol–water partition coefficient (Wildman–Crippen LogP) is 4.38. The molecule has 0 spiro atoms. The molecule has 224 valence electrons. The van der Waals surface area contributed by atoms with Gasteiger partial charge in [0.15, 0.2) is 0 Å². The number of fused-ring (bicyclic) bond motifs is 2. The van der Waals surface area contributed by atoms with Crippen LogP contribution < -0.4 is 23.8 Å². The molecule has 4 aromatic carbocycles. The smallest absolute Gasteiger partial charge is 0.228 e. The summed E-state index contributed by atoms with van der Waals surface area (Å²) in [6, 6.07) is 23.8. The molecule has 0 radical (unpaired) electrons. The molecule has 3 aliphatic heterocycles. The Kier molecular flexibility index (Phi) is 7.18. The normalized spacial score (nSPS) is 22.5. The molecule has 0 amide bonds. The molecule has 0 bridgehead atoms. The molecule has 1 aromatic heterocycles. The van der Waals surface area contributed by atoms with Crippen molar-refractivity contribution in [2.45, 2.75) is 24.8 Å². The summed E-state index contributed by atoms with van der Waals surface area (Å²) in [5.74, 6) is 3.51. The van der Waals surface area contributed by atoms with Gasteiger partial charge in [0.05, 0.1) is 26.3 Å². The van der Waals surface area contributed by atoms with E-state index >= 15 is 0 Å². The van der Waals surface area contributed by atoms with Gasteiger partial charge in [-0.1, -0.05) is 24.3 Å². The van der Waals surface area contributed by atoms with Gasteiger partial charge in [-0.2, -0.15) is 0 Å². The quantitative estimate of drug-likeness (QED) is 0.203. The molecule has 5 aromatic rings. The zero-order valence-electron chi connectivity index (χ0n) is 23.8. The fourth-order valence-corrected chi connectivity index (χ4v) is 5.12. The summed E-state index contributed by atoms with van der Waals surface area (Å²) in [5.41, 5.74) is 0. The second-order valence-electron chi connectivity index (χ2n) is 10.9. The molecule has 0 N–H and O–H groups in total. The van der Waals surface area contributed by atoms with Crippen molar-refractivity contribution in [3.63, 3.8) is 0 Å². The number of aromatic nitrogens is 3. The molecular weight excluding hydrogens is 564 g/mol. The van der Waals surface area contributed by atoms with Crippen molar-refractivity contribution in [2.24, 2.45) is 0 Å². The van der Waals surface area contributed by atoms with E-state index in [2.05, 4.69) is 15.0 Å². The molecule has 44 heavy (non-hydrogen) atoms. The Balaban J connectivity index is 0.977. The van der Waals surface area contributed by atoms with Crippen molar-refractivity contribution in [3.05, 3.63) is 85.5 Å². The summed E-state index contributed by atoms with van der Waals surface area (Å²) in [6.07, 6.45) is 2.09. The van der Waals surface area contributed by atoms with Gasteiger partial charge in [0.1, 0.15) is 61.1 Å². The van der Waals surface area contributed by atoms with Crippen LogP contribution in [-0.2, 0) is 14.2 Å². The summed E-state index contributed by atoms with van der Waals surface area (Å²) >= 11 is 0. The van der Waals surface area contributed by atoms with Gasteiger partial charge in [0.2, 0.25) is 18.5 Å². The average molecular weight is 595 g/mol. The molecule has 8 rings (SSSR count). The minimum absolute atomic E-state index is 0.212. The third-order valence-corrected chi connectivity index (χ3v) is 7.58. The standard InChI is InChI=1S/C33H30N4O7/c1-5-25(38-15-29-17-40-29)9-21-3-7-27(11-23(1)21)42-31-13-37(33-35-19-34-20-36-33)14-32(44-31)43-28-8-4-22-10-26(6-2-24(22)12-28)39-16-30-18-41-30/h1-12,19-20,29-32H,13-18H2. The maximum Gasteiger partial charge on any atom is 0.228 e. The van der Waals surface area contributed by atoms with Gasteiger partial charge in [-0.05, 0) is 70.1 Å². The number of rotatable bonds is 11. The van der Waals surface area contributed by atoms with Crippen LogP contribution in [0.1, 0.15) is 0 Å². The van der Waals surface area contributed by atoms with Crippen LogP contribution in [0.5, 0.6) is 23.0 Å². The lowest BCUT2D eigenvalue weighted by Gasteiger charge is -2.37. The van der Waals surface area contributed by atoms with E-state index in [1.165, 1.54) is 12.7 Å². The van der Waals surface area contributed by atoms with Crippen molar-refractivity contribution in [2.75, 3.05) is 44.4 Å². The zero-order valence-corrected chi connectivity index (χ0v) is 23.8. The first-order chi connectivity index (χ1) is 21.7. The number of benzene rings is 4. The van der Waals surface area contributed by atoms with Crippen LogP contribution in [0.3, 0.4) is 0 Å². The van der Waals surface area contributed by atoms with Crippen molar-refractivity contribution >= 4 is 27.5 Å². The number of nitrogens with zero attached hydrogens (tertiary/aromatic N) is 4. The lowest BCUT2D eigenvalue weighted by molar-refractivity contribution is -0.192. The first kappa shape index (κ1) is 26.9. The third-order valence-electron chi connectivity index (χ3n) is 7.58. The summed E-state index contributed by atoms with van der Waals surface area (Å²) in [4.78, 5) is 14.6. The van der Waals surface area contributed by atoms with Gasteiger partial charge < -0.3 is 33.3 Å². The Morgan fingerprint density at radius 3 is 1.50 bits per heavy atom. The van der Waals surface area contributed by atoms with Crippen LogP contribution in [0.15, 0.2) is 85.5 Å². The number of hydrogen-bond donors (Lipinski definition) is 0. The van der Waals surface area contributed by atoms with E-state index < -0.39 is 12.6 Å². The first-order valence-electron chi connectivity index (χ1n) is 14.6. The molecule has 0 aliphatic carbocycles. The fourth-order valence-electron chi connectivity index (χ4n) is 5.12. The minimum atomic E-state index is -0.639. The summed E-state index contributed by atoms with van der Waals surface area (Å²) in [5, 5.41) is 4.16. The van der Waals surface area contributed by atoms with Crippen molar-refractivity contribution in [1.82, 2.24) is 15.0 Å².